The minimum atomic E-state index is -0.549. The van der Waals surface area contributed by atoms with E-state index in [-0.39, 0.29) is 18.1 Å². The van der Waals surface area contributed by atoms with Gasteiger partial charge in [-0.2, -0.15) is 0 Å². The number of nitrogens with one attached hydrogen (secondary N) is 2. The van der Waals surface area contributed by atoms with Gasteiger partial charge < -0.3 is 15.7 Å². The third-order valence-corrected chi connectivity index (χ3v) is 5.23. The van der Waals surface area contributed by atoms with Gasteiger partial charge in [-0.15, -0.1) is 0 Å². The van der Waals surface area contributed by atoms with Gasteiger partial charge >= 0.3 is 6.03 Å². The number of carbonyl (C=O) groups excluding carboxylic acids is 1. The molecule has 2 amide bonds. The van der Waals surface area contributed by atoms with Gasteiger partial charge in [0.05, 0.1) is 12.1 Å². The minimum absolute atomic E-state index is 0.188. The summed E-state index contributed by atoms with van der Waals surface area (Å²) in [5.74, 6) is 0.536. The second-order valence-electron chi connectivity index (χ2n) is 6.84. The van der Waals surface area contributed by atoms with Crippen molar-refractivity contribution in [3.05, 3.63) is 71.3 Å². The molecule has 3 N–H and O–H groups in total. The number of aliphatic hydroxyl groups excluding tert-OH is 1. The van der Waals surface area contributed by atoms with Gasteiger partial charge in [0.25, 0.3) is 0 Å². The Morgan fingerprint density at radius 1 is 0.958 bits per heavy atom. The highest BCUT2D eigenvalue weighted by Gasteiger charge is 2.34. The van der Waals surface area contributed by atoms with Crippen molar-refractivity contribution in [2.45, 2.75) is 43.4 Å². The first-order chi connectivity index (χ1) is 11.7. The molecule has 4 nitrogen and oxygen atoms in total. The molecule has 2 aliphatic carbocycles. The number of rotatable bonds is 3. The fourth-order valence-electron chi connectivity index (χ4n) is 3.85. The molecule has 0 saturated heterocycles. The van der Waals surface area contributed by atoms with Gasteiger partial charge in [0.15, 0.2) is 0 Å². The van der Waals surface area contributed by atoms with E-state index in [1.807, 2.05) is 30.3 Å². The summed E-state index contributed by atoms with van der Waals surface area (Å²) in [7, 11) is 0. The van der Waals surface area contributed by atoms with Crippen molar-refractivity contribution in [2.75, 3.05) is 0 Å². The summed E-state index contributed by atoms with van der Waals surface area (Å²) >= 11 is 0. The predicted octanol–water partition coefficient (Wildman–Crippen LogP) is 2.89. The third kappa shape index (κ3) is 2.89. The van der Waals surface area contributed by atoms with E-state index in [0.29, 0.717) is 12.3 Å². The quantitative estimate of drug-likeness (QED) is 0.814. The van der Waals surface area contributed by atoms with E-state index in [9.17, 15) is 9.90 Å². The summed E-state index contributed by atoms with van der Waals surface area (Å²) in [4.78, 5) is 12.3. The van der Waals surface area contributed by atoms with Crippen LogP contribution in [0.4, 0.5) is 4.79 Å². The van der Waals surface area contributed by atoms with Gasteiger partial charge in [-0.1, -0.05) is 54.6 Å². The number of benzene rings is 2. The molecule has 0 aliphatic heterocycles. The number of fused-ring (bicyclic) bond motifs is 1. The average molecular weight is 322 g/mol. The SMILES string of the molecule is O=C(NC1CC(c2ccccc2)C1)N[C@H]1c2ccccc2C[C@H]1O. The lowest BCUT2D eigenvalue weighted by molar-refractivity contribution is 0.140. The summed E-state index contributed by atoms with van der Waals surface area (Å²) in [5.41, 5.74) is 3.48. The molecule has 1 saturated carbocycles. The van der Waals surface area contributed by atoms with Gasteiger partial charge in [0, 0.05) is 12.5 Å². The Bertz CT molecular complexity index is 725. The van der Waals surface area contributed by atoms with Gasteiger partial charge in [-0.25, -0.2) is 4.79 Å². The molecule has 2 aliphatic rings. The van der Waals surface area contributed by atoms with Gasteiger partial charge in [-0.05, 0) is 35.4 Å². The van der Waals surface area contributed by atoms with Crippen LogP contribution in [-0.2, 0) is 6.42 Å². The van der Waals surface area contributed by atoms with Crippen molar-refractivity contribution in [3.63, 3.8) is 0 Å². The zero-order valence-electron chi connectivity index (χ0n) is 13.5. The van der Waals surface area contributed by atoms with Gasteiger partial charge in [0.2, 0.25) is 0 Å². The van der Waals surface area contributed by atoms with Crippen molar-refractivity contribution in [2.24, 2.45) is 0 Å². The molecule has 0 radical (unpaired) electrons. The van der Waals surface area contributed by atoms with E-state index >= 15 is 0 Å². The smallest absolute Gasteiger partial charge is 0.315 e. The van der Waals surface area contributed by atoms with Gasteiger partial charge in [0.1, 0.15) is 0 Å². The molecule has 0 heterocycles. The normalized spacial score (nSPS) is 27.9. The van der Waals surface area contributed by atoms with Crippen molar-refractivity contribution in [1.29, 1.82) is 0 Å². The minimum Gasteiger partial charge on any atom is -0.390 e. The molecule has 0 spiro atoms. The van der Waals surface area contributed by atoms with Crippen molar-refractivity contribution < 1.29 is 9.90 Å². The summed E-state index contributed by atoms with van der Waals surface area (Å²) < 4.78 is 0. The van der Waals surface area contributed by atoms with Crippen molar-refractivity contribution in [3.8, 4) is 0 Å². The zero-order chi connectivity index (χ0) is 16.5. The zero-order valence-corrected chi connectivity index (χ0v) is 13.5. The van der Waals surface area contributed by atoms with Gasteiger partial charge in [-0.3, -0.25) is 0 Å². The van der Waals surface area contributed by atoms with Crippen LogP contribution in [0, 0.1) is 0 Å². The number of urea groups is 1. The largest absolute Gasteiger partial charge is 0.390 e. The number of hydrogen-bond acceptors (Lipinski definition) is 2. The Morgan fingerprint density at radius 3 is 2.46 bits per heavy atom. The Hall–Kier alpha value is -2.33. The molecule has 24 heavy (non-hydrogen) atoms. The van der Waals surface area contributed by atoms with Crippen LogP contribution in [0.15, 0.2) is 54.6 Å². The summed E-state index contributed by atoms with van der Waals surface area (Å²) in [5, 5.41) is 16.2. The molecule has 2 aromatic rings. The van der Waals surface area contributed by atoms with Crippen LogP contribution in [0.2, 0.25) is 0 Å². The lowest BCUT2D eigenvalue weighted by atomic mass is 9.76. The summed E-state index contributed by atoms with van der Waals surface area (Å²) in [6.45, 7) is 0. The molecule has 2 atom stereocenters. The molecule has 0 bridgehead atoms. The molecule has 2 aromatic carbocycles. The summed E-state index contributed by atoms with van der Waals surface area (Å²) in [6.07, 6.45) is 2.00. The molecule has 1 fully saturated rings. The van der Waals surface area contributed by atoms with Crippen LogP contribution < -0.4 is 10.6 Å². The number of carbonyl (C=O) groups is 1. The van der Waals surface area contributed by atoms with E-state index in [1.165, 1.54) is 5.56 Å². The van der Waals surface area contributed by atoms with Crippen LogP contribution in [-0.4, -0.2) is 23.3 Å². The second-order valence-corrected chi connectivity index (χ2v) is 6.84. The first-order valence-corrected chi connectivity index (χ1v) is 8.58. The van der Waals surface area contributed by atoms with E-state index in [0.717, 1.165) is 24.0 Å². The Balaban J connectivity index is 1.31. The fraction of sp³-hybridized carbons (Fsp3) is 0.350. The van der Waals surface area contributed by atoms with E-state index in [4.69, 9.17) is 0 Å². The monoisotopic (exact) mass is 322 g/mol. The fourth-order valence-corrected chi connectivity index (χ4v) is 3.85. The maximum atomic E-state index is 12.3. The number of hydrogen-bond donors (Lipinski definition) is 3. The van der Waals surface area contributed by atoms with E-state index in [2.05, 4.69) is 34.9 Å². The topological polar surface area (TPSA) is 61.4 Å². The third-order valence-electron chi connectivity index (χ3n) is 5.23. The lowest BCUT2D eigenvalue weighted by Crippen LogP contribution is -2.49. The van der Waals surface area contributed by atoms with Crippen LogP contribution in [0.25, 0.3) is 0 Å². The Morgan fingerprint density at radius 2 is 1.67 bits per heavy atom. The molecular weight excluding hydrogens is 300 g/mol. The van der Waals surface area contributed by atoms with E-state index < -0.39 is 6.10 Å². The standard InChI is InChI=1S/C20H22N2O2/c23-18-12-14-8-4-5-9-17(14)19(18)22-20(24)21-16-10-15(11-16)13-6-2-1-3-7-13/h1-9,15-16,18-19,23H,10-12H2,(H2,21,22,24)/t15?,16?,18-,19+/m1/s1. The first-order valence-electron chi connectivity index (χ1n) is 8.58. The molecule has 0 aromatic heterocycles. The molecular formula is C20H22N2O2. The first kappa shape index (κ1) is 15.2. The highest BCUT2D eigenvalue weighted by Crippen LogP contribution is 2.37. The molecule has 4 heteroatoms. The lowest BCUT2D eigenvalue weighted by Gasteiger charge is -2.36. The summed E-state index contributed by atoms with van der Waals surface area (Å²) in [6, 6.07) is 18.0. The van der Waals surface area contributed by atoms with E-state index in [1.54, 1.807) is 0 Å². The predicted molar refractivity (Wildman–Crippen MR) is 92.8 cm³/mol. The average Bonchev–Trinajstić information content (AvgIpc) is 2.87. The van der Waals surface area contributed by atoms with Crippen LogP contribution in [0.3, 0.4) is 0 Å². The Labute approximate surface area is 141 Å². The molecule has 0 unspecified atom stereocenters. The highest BCUT2D eigenvalue weighted by atomic mass is 16.3. The second kappa shape index (κ2) is 6.29. The number of amides is 2. The maximum absolute atomic E-state index is 12.3. The molecule has 4 rings (SSSR count). The number of aliphatic hydroxyl groups is 1. The van der Waals surface area contributed by atoms with Crippen molar-refractivity contribution in [1.82, 2.24) is 10.6 Å². The van der Waals surface area contributed by atoms with Crippen LogP contribution in [0.5, 0.6) is 0 Å². The van der Waals surface area contributed by atoms with Crippen molar-refractivity contribution >= 4 is 6.03 Å². The molecule has 124 valence electrons. The maximum Gasteiger partial charge on any atom is 0.315 e. The van der Waals surface area contributed by atoms with Crippen LogP contribution >= 0.6 is 0 Å². The van der Waals surface area contributed by atoms with Crippen LogP contribution in [0.1, 0.15) is 41.5 Å². The Kier molecular flexibility index (Phi) is 3.98. The highest BCUT2D eigenvalue weighted by molar-refractivity contribution is 5.75.